The summed E-state index contributed by atoms with van der Waals surface area (Å²) in [5, 5.41) is 3.48. The zero-order chi connectivity index (χ0) is 18.0. The highest BCUT2D eigenvalue weighted by Crippen LogP contribution is 2.53. The van der Waals surface area contributed by atoms with Crippen LogP contribution in [0.15, 0.2) is 24.3 Å². The first kappa shape index (κ1) is 16.4. The van der Waals surface area contributed by atoms with E-state index < -0.39 is 0 Å². The molecule has 4 nitrogen and oxygen atoms in total. The number of carbonyl (C=O) groups is 1. The molecular formula is C23H30N2O2. The Balaban J connectivity index is 1.11. The second-order valence-electron chi connectivity index (χ2n) is 9.83. The minimum atomic E-state index is -0.157. The van der Waals surface area contributed by atoms with Crippen LogP contribution in [0.4, 0.5) is 4.79 Å². The lowest BCUT2D eigenvalue weighted by molar-refractivity contribution is -0.0737. The van der Waals surface area contributed by atoms with Crippen LogP contribution in [0.3, 0.4) is 0 Å². The fourth-order valence-corrected chi connectivity index (χ4v) is 7.26. The second kappa shape index (κ2) is 5.97. The third-order valence-electron chi connectivity index (χ3n) is 8.39. The molecule has 0 unspecified atom stereocenters. The molecular weight excluding hydrogens is 336 g/mol. The summed E-state index contributed by atoms with van der Waals surface area (Å²) in [6.07, 6.45) is 8.70. The maximum absolute atomic E-state index is 13.0. The Hall–Kier alpha value is -1.55. The van der Waals surface area contributed by atoms with E-state index in [1.165, 1.54) is 43.2 Å². The summed E-state index contributed by atoms with van der Waals surface area (Å²) >= 11 is 0. The predicted molar refractivity (Wildman–Crippen MR) is 103 cm³/mol. The highest BCUT2D eigenvalue weighted by molar-refractivity contribution is 5.74. The SMILES string of the molecule is O=C(NC1C2CC3CC(C2)CC1C3)N1CCC2(CC1)OCc1ccccc12. The van der Waals surface area contributed by atoms with Crippen molar-refractivity contribution < 1.29 is 9.53 Å². The highest BCUT2D eigenvalue weighted by Gasteiger charge is 2.49. The third kappa shape index (κ3) is 2.55. The summed E-state index contributed by atoms with van der Waals surface area (Å²) in [5.74, 6) is 3.39. The molecule has 27 heavy (non-hydrogen) atoms. The second-order valence-corrected chi connectivity index (χ2v) is 9.83. The fraction of sp³-hybridized carbons (Fsp3) is 0.696. The number of urea groups is 1. The Kier molecular flexibility index (Phi) is 3.63. The molecule has 1 saturated heterocycles. The van der Waals surface area contributed by atoms with Crippen LogP contribution in [0.25, 0.3) is 0 Å². The topological polar surface area (TPSA) is 41.6 Å². The molecule has 0 atom stereocenters. The van der Waals surface area contributed by atoms with Crippen LogP contribution in [0.5, 0.6) is 0 Å². The van der Waals surface area contributed by atoms with Crippen molar-refractivity contribution in [1.29, 1.82) is 0 Å². The lowest BCUT2D eigenvalue weighted by Gasteiger charge is -2.54. The summed E-state index contributed by atoms with van der Waals surface area (Å²) in [6, 6.07) is 9.20. The zero-order valence-corrected chi connectivity index (χ0v) is 16.0. The van der Waals surface area contributed by atoms with E-state index in [0.717, 1.165) is 56.2 Å². The normalized spacial score (nSPS) is 38.2. The van der Waals surface area contributed by atoms with Crippen molar-refractivity contribution in [3.63, 3.8) is 0 Å². The largest absolute Gasteiger partial charge is 0.365 e. The van der Waals surface area contributed by atoms with E-state index in [1.54, 1.807) is 0 Å². The molecule has 0 radical (unpaired) electrons. The number of likely N-dealkylation sites (tertiary alicyclic amines) is 1. The third-order valence-corrected chi connectivity index (χ3v) is 8.39. The molecule has 2 aliphatic heterocycles. The van der Waals surface area contributed by atoms with Crippen molar-refractivity contribution in [2.75, 3.05) is 13.1 Å². The van der Waals surface area contributed by atoms with Crippen LogP contribution in [0.2, 0.25) is 0 Å². The molecule has 4 heteroatoms. The van der Waals surface area contributed by atoms with Crippen LogP contribution in [-0.4, -0.2) is 30.1 Å². The predicted octanol–water partition coefficient (Wildman–Crippen LogP) is 4.04. The average molecular weight is 367 g/mol. The quantitative estimate of drug-likeness (QED) is 0.815. The number of carbonyl (C=O) groups excluding carboxylic acids is 1. The van der Waals surface area contributed by atoms with E-state index in [9.17, 15) is 4.79 Å². The van der Waals surface area contributed by atoms with Gasteiger partial charge >= 0.3 is 6.03 Å². The zero-order valence-electron chi connectivity index (χ0n) is 16.0. The van der Waals surface area contributed by atoms with Gasteiger partial charge in [-0.25, -0.2) is 4.79 Å². The summed E-state index contributed by atoms with van der Waals surface area (Å²) in [7, 11) is 0. The lowest BCUT2D eigenvalue weighted by atomic mass is 9.54. The van der Waals surface area contributed by atoms with Crippen molar-refractivity contribution in [2.45, 2.75) is 63.2 Å². The average Bonchev–Trinajstić information content (AvgIpc) is 3.03. The summed E-state index contributed by atoms with van der Waals surface area (Å²) < 4.78 is 6.25. The Morgan fingerprint density at radius 2 is 1.67 bits per heavy atom. The number of amides is 2. The van der Waals surface area contributed by atoms with Crippen LogP contribution < -0.4 is 5.32 Å². The summed E-state index contributed by atoms with van der Waals surface area (Å²) in [4.78, 5) is 15.1. The summed E-state index contributed by atoms with van der Waals surface area (Å²) in [5.41, 5.74) is 2.52. The molecule has 4 bridgehead atoms. The van der Waals surface area contributed by atoms with E-state index in [-0.39, 0.29) is 11.6 Å². The molecule has 2 amide bonds. The number of piperidine rings is 1. The van der Waals surface area contributed by atoms with Gasteiger partial charge in [0.05, 0.1) is 12.2 Å². The van der Waals surface area contributed by atoms with Gasteiger partial charge in [-0.1, -0.05) is 24.3 Å². The van der Waals surface area contributed by atoms with Gasteiger partial charge in [-0.3, -0.25) is 0 Å². The Labute approximate surface area is 161 Å². The molecule has 4 saturated carbocycles. The molecule has 1 spiro atoms. The molecule has 1 aromatic rings. The van der Waals surface area contributed by atoms with E-state index in [2.05, 4.69) is 29.6 Å². The Bertz CT molecular complexity index is 725. The number of hydrogen-bond acceptors (Lipinski definition) is 2. The van der Waals surface area contributed by atoms with Gasteiger partial charge < -0.3 is 15.0 Å². The van der Waals surface area contributed by atoms with E-state index in [0.29, 0.717) is 6.04 Å². The van der Waals surface area contributed by atoms with Crippen molar-refractivity contribution in [3.8, 4) is 0 Å². The summed E-state index contributed by atoms with van der Waals surface area (Å²) in [6.45, 7) is 2.32. The highest BCUT2D eigenvalue weighted by atomic mass is 16.5. The Morgan fingerprint density at radius 3 is 2.37 bits per heavy atom. The molecule has 6 aliphatic rings. The maximum atomic E-state index is 13.0. The van der Waals surface area contributed by atoms with Crippen LogP contribution in [0, 0.1) is 23.7 Å². The van der Waals surface area contributed by atoms with E-state index >= 15 is 0 Å². The molecule has 0 aromatic heterocycles. The number of ether oxygens (including phenoxy) is 1. The lowest BCUT2D eigenvalue weighted by Crippen LogP contribution is -2.59. The van der Waals surface area contributed by atoms with Gasteiger partial charge in [-0.15, -0.1) is 0 Å². The first-order valence-corrected chi connectivity index (χ1v) is 11.0. The van der Waals surface area contributed by atoms with Gasteiger partial charge in [0, 0.05) is 19.1 Å². The molecule has 2 heterocycles. The number of benzene rings is 1. The van der Waals surface area contributed by atoms with Gasteiger partial charge in [0.1, 0.15) is 0 Å². The van der Waals surface area contributed by atoms with E-state index in [1.807, 2.05) is 4.90 Å². The van der Waals surface area contributed by atoms with Gasteiger partial charge in [0.2, 0.25) is 0 Å². The smallest absolute Gasteiger partial charge is 0.317 e. The van der Waals surface area contributed by atoms with Crippen molar-refractivity contribution in [2.24, 2.45) is 23.7 Å². The minimum absolute atomic E-state index is 0.157. The monoisotopic (exact) mass is 366 g/mol. The first-order chi connectivity index (χ1) is 13.2. The number of hydrogen-bond donors (Lipinski definition) is 1. The van der Waals surface area contributed by atoms with Gasteiger partial charge in [-0.2, -0.15) is 0 Å². The molecule has 1 aromatic carbocycles. The number of nitrogens with zero attached hydrogens (tertiary/aromatic N) is 1. The van der Waals surface area contributed by atoms with Crippen molar-refractivity contribution in [1.82, 2.24) is 10.2 Å². The van der Waals surface area contributed by atoms with Crippen LogP contribution in [-0.2, 0) is 16.9 Å². The number of nitrogens with one attached hydrogen (secondary N) is 1. The first-order valence-electron chi connectivity index (χ1n) is 11.0. The van der Waals surface area contributed by atoms with Gasteiger partial charge in [-0.05, 0) is 79.7 Å². The number of rotatable bonds is 1. The van der Waals surface area contributed by atoms with Gasteiger partial charge in [0.15, 0.2) is 0 Å². The van der Waals surface area contributed by atoms with Crippen molar-refractivity contribution in [3.05, 3.63) is 35.4 Å². The molecule has 4 aliphatic carbocycles. The number of fused-ring (bicyclic) bond motifs is 2. The fourth-order valence-electron chi connectivity index (χ4n) is 7.26. The molecule has 5 fully saturated rings. The standard InChI is InChI=1S/C23H30N2O2/c26-22(24-21-18-10-15-9-16(12-18)13-19(21)11-15)25-7-5-23(6-8-25)20-4-2-1-3-17(20)14-27-23/h1-4,15-16,18-19,21H,5-14H2,(H,24,26). The molecule has 144 valence electrons. The van der Waals surface area contributed by atoms with Crippen molar-refractivity contribution >= 4 is 6.03 Å². The molecule has 1 N–H and O–H groups in total. The maximum Gasteiger partial charge on any atom is 0.317 e. The minimum Gasteiger partial charge on any atom is -0.365 e. The van der Waals surface area contributed by atoms with Gasteiger partial charge in [0.25, 0.3) is 0 Å². The van der Waals surface area contributed by atoms with Crippen LogP contribution >= 0.6 is 0 Å². The Morgan fingerprint density at radius 1 is 1.00 bits per heavy atom. The van der Waals surface area contributed by atoms with Crippen LogP contribution in [0.1, 0.15) is 56.1 Å². The molecule has 7 rings (SSSR count). The van der Waals surface area contributed by atoms with E-state index in [4.69, 9.17) is 4.74 Å².